The second-order valence-corrected chi connectivity index (χ2v) is 3.95. The lowest BCUT2D eigenvalue weighted by atomic mass is 9.97. The third-order valence-electron chi connectivity index (χ3n) is 2.70. The summed E-state index contributed by atoms with van der Waals surface area (Å²) in [4.78, 5) is 0. The van der Waals surface area contributed by atoms with Crippen LogP contribution in [-0.2, 0) is 6.42 Å². The van der Waals surface area contributed by atoms with Crippen LogP contribution in [-0.4, -0.2) is 13.0 Å². The molecule has 0 N–H and O–H groups in total. The number of halogens is 1. The Labute approximate surface area is 91.0 Å². The second kappa shape index (κ2) is 4.70. The van der Waals surface area contributed by atoms with Crippen molar-refractivity contribution in [2.24, 2.45) is 0 Å². The fourth-order valence-electron chi connectivity index (χ4n) is 1.82. The van der Waals surface area contributed by atoms with Crippen molar-refractivity contribution in [2.45, 2.75) is 27.2 Å². The van der Waals surface area contributed by atoms with Crippen LogP contribution in [0.3, 0.4) is 0 Å². The van der Waals surface area contributed by atoms with Gasteiger partial charge in [0.1, 0.15) is 5.75 Å². The lowest BCUT2D eigenvalue weighted by Crippen LogP contribution is -1.99. The third-order valence-corrected chi connectivity index (χ3v) is 2.89. The molecule has 0 spiro atoms. The summed E-state index contributed by atoms with van der Waals surface area (Å²) in [7, 11) is 1.72. The lowest BCUT2D eigenvalue weighted by Gasteiger charge is -2.14. The van der Waals surface area contributed by atoms with E-state index in [1.807, 2.05) is 0 Å². The molecule has 1 nitrogen and oxygen atoms in total. The average molecular weight is 213 g/mol. The fourth-order valence-corrected chi connectivity index (χ4v) is 2.02. The minimum atomic E-state index is 0.673. The summed E-state index contributed by atoms with van der Waals surface area (Å²) >= 11 is 5.76. The van der Waals surface area contributed by atoms with Crippen molar-refractivity contribution in [3.05, 3.63) is 28.3 Å². The standard InChI is InChI=1S/C12H17ClO/c1-8-7-11(5-6-13)9(2)10(3)12(8)14-4/h7H,5-6H2,1-4H3. The van der Waals surface area contributed by atoms with E-state index >= 15 is 0 Å². The number of rotatable bonds is 3. The number of benzene rings is 1. The zero-order valence-electron chi connectivity index (χ0n) is 9.28. The van der Waals surface area contributed by atoms with E-state index in [0.29, 0.717) is 5.88 Å². The van der Waals surface area contributed by atoms with Crippen LogP contribution >= 0.6 is 11.6 Å². The first-order chi connectivity index (χ1) is 6.61. The van der Waals surface area contributed by atoms with Gasteiger partial charge in [-0.15, -0.1) is 11.6 Å². The van der Waals surface area contributed by atoms with E-state index in [2.05, 4.69) is 26.8 Å². The first-order valence-electron chi connectivity index (χ1n) is 4.81. The van der Waals surface area contributed by atoms with Crippen molar-refractivity contribution in [3.8, 4) is 5.75 Å². The molecule has 0 fully saturated rings. The van der Waals surface area contributed by atoms with Crippen molar-refractivity contribution in [1.29, 1.82) is 0 Å². The Morgan fingerprint density at radius 2 is 1.86 bits per heavy atom. The van der Waals surface area contributed by atoms with E-state index in [1.165, 1.54) is 22.3 Å². The maximum atomic E-state index is 5.76. The predicted molar refractivity (Wildman–Crippen MR) is 61.6 cm³/mol. The molecule has 1 aromatic carbocycles. The van der Waals surface area contributed by atoms with Gasteiger partial charge in [0.15, 0.2) is 0 Å². The van der Waals surface area contributed by atoms with Crippen LogP contribution in [0, 0.1) is 20.8 Å². The molecule has 0 atom stereocenters. The number of hydrogen-bond acceptors (Lipinski definition) is 1. The smallest absolute Gasteiger partial charge is 0.124 e. The molecule has 0 amide bonds. The monoisotopic (exact) mass is 212 g/mol. The summed E-state index contributed by atoms with van der Waals surface area (Å²) in [6, 6.07) is 2.17. The fraction of sp³-hybridized carbons (Fsp3) is 0.500. The summed E-state index contributed by atoms with van der Waals surface area (Å²) in [5, 5.41) is 0. The van der Waals surface area contributed by atoms with Crippen LogP contribution < -0.4 is 4.74 Å². The molecule has 0 saturated carbocycles. The molecule has 1 rings (SSSR count). The van der Waals surface area contributed by atoms with Gasteiger partial charge < -0.3 is 4.74 Å². The number of alkyl halides is 1. The molecule has 0 aliphatic carbocycles. The van der Waals surface area contributed by atoms with Gasteiger partial charge in [-0.05, 0) is 49.4 Å². The van der Waals surface area contributed by atoms with Crippen LogP contribution in [0.2, 0.25) is 0 Å². The predicted octanol–water partition coefficient (Wildman–Crippen LogP) is 3.40. The second-order valence-electron chi connectivity index (χ2n) is 3.57. The van der Waals surface area contributed by atoms with Gasteiger partial charge in [0.05, 0.1) is 7.11 Å². The highest BCUT2D eigenvalue weighted by molar-refractivity contribution is 6.18. The van der Waals surface area contributed by atoms with Crippen molar-refractivity contribution in [3.63, 3.8) is 0 Å². The number of methoxy groups -OCH3 is 1. The molecule has 14 heavy (non-hydrogen) atoms. The number of hydrogen-bond donors (Lipinski definition) is 0. The van der Waals surface area contributed by atoms with Gasteiger partial charge in [0, 0.05) is 5.88 Å². The normalized spacial score (nSPS) is 10.4. The zero-order valence-corrected chi connectivity index (χ0v) is 10.0. The molecular weight excluding hydrogens is 196 g/mol. The van der Waals surface area contributed by atoms with Crippen LogP contribution in [0.15, 0.2) is 6.07 Å². The van der Waals surface area contributed by atoms with Crippen molar-refractivity contribution in [2.75, 3.05) is 13.0 Å². The highest BCUT2D eigenvalue weighted by Gasteiger charge is 2.09. The van der Waals surface area contributed by atoms with Crippen molar-refractivity contribution in [1.82, 2.24) is 0 Å². The lowest BCUT2D eigenvalue weighted by molar-refractivity contribution is 0.408. The molecule has 0 aliphatic heterocycles. The maximum absolute atomic E-state index is 5.76. The van der Waals surface area contributed by atoms with E-state index in [4.69, 9.17) is 16.3 Å². The van der Waals surface area contributed by atoms with Crippen LogP contribution in [0.5, 0.6) is 5.75 Å². The average Bonchev–Trinajstić information content (AvgIpc) is 2.15. The summed E-state index contributed by atoms with van der Waals surface area (Å²) < 4.78 is 5.36. The summed E-state index contributed by atoms with van der Waals surface area (Å²) in [6.45, 7) is 6.29. The van der Waals surface area contributed by atoms with Gasteiger partial charge in [0.25, 0.3) is 0 Å². The number of aryl methyl sites for hydroxylation is 2. The van der Waals surface area contributed by atoms with Gasteiger partial charge >= 0.3 is 0 Å². The molecule has 1 aromatic rings. The summed E-state index contributed by atoms with van der Waals surface area (Å²) in [6.07, 6.45) is 0.930. The highest BCUT2D eigenvalue weighted by atomic mass is 35.5. The summed E-state index contributed by atoms with van der Waals surface area (Å²) in [5.41, 5.74) is 5.05. The molecule has 0 unspecified atom stereocenters. The van der Waals surface area contributed by atoms with Gasteiger partial charge in [0.2, 0.25) is 0 Å². The van der Waals surface area contributed by atoms with E-state index in [1.54, 1.807) is 7.11 Å². The molecular formula is C12H17ClO. The van der Waals surface area contributed by atoms with Crippen LogP contribution in [0.1, 0.15) is 22.3 Å². The zero-order chi connectivity index (χ0) is 10.7. The van der Waals surface area contributed by atoms with Crippen LogP contribution in [0.4, 0.5) is 0 Å². The summed E-state index contributed by atoms with van der Waals surface area (Å²) in [5.74, 6) is 1.67. The Morgan fingerprint density at radius 1 is 1.21 bits per heavy atom. The van der Waals surface area contributed by atoms with Crippen molar-refractivity contribution < 1.29 is 4.74 Å². The first-order valence-corrected chi connectivity index (χ1v) is 5.35. The Hall–Kier alpha value is -0.690. The first kappa shape index (κ1) is 11.4. The molecule has 0 aliphatic rings. The minimum absolute atomic E-state index is 0.673. The number of ether oxygens (including phenoxy) is 1. The Bertz CT molecular complexity index is 332. The van der Waals surface area contributed by atoms with E-state index in [9.17, 15) is 0 Å². The Morgan fingerprint density at radius 3 is 2.36 bits per heavy atom. The largest absolute Gasteiger partial charge is 0.496 e. The van der Waals surface area contributed by atoms with Gasteiger partial charge in [-0.1, -0.05) is 6.07 Å². The molecule has 0 heterocycles. The Balaban J connectivity index is 3.25. The van der Waals surface area contributed by atoms with Gasteiger partial charge in [-0.25, -0.2) is 0 Å². The van der Waals surface area contributed by atoms with E-state index in [0.717, 1.165) is 12.2 Å². The molecule has 2 heteroatoms. The van der Waals surface area contributed by atoms with Crippen LogP contribution in [0.25, 0.3) is 0 Å². The van der Waals surface area contributed by atoms with Gasteiger partial charge in [-0.3, -0.25) is 0 Å². The Kier molecular flexibility index (Phi) is 3.82. The van der Waals surface area contributed by atoms with Crippen molar-refractivity contribution >= 4 is 11.6 Å². The highest BCUT2D eigenvalue weighted by Crippen LogP contribution is 2.28. The SMILES string of the molecule is COc1c(C)cc(CCCl)c(C)c1C. The molecule has 0 radical (unpaired) electrons. The topological polar surface area (TPSA) is 9.23 Å². The quantitative estimate of drug-likeness (QED) is 0.698. The minimum Gasteiger partial charge on any atom is -0.496 e. The van der Waals surface area contributed by atoms with E-state index in [-0.39, 0.29) is 0 Å². The molecule has 0 bridgehead atoms. The van der Waals surface area contributed by atoms with Gasteiger partial charge in [-0.2, -0.15) is 0 Å². The molecule has 0 saturated heterocycles. The molecule has 0 aromatic heterocycles. The maximum Gasteiger partial charge on any atom is 0.124 e. The third kappa shape index (κ3) is 2.03. The molecule has 78 valence electrons. The van der Waals surface area contributed by atoms with E-state index < -0.39 is 0 Å².